The van der Waals surface area contributed by atoms with E-state index >= 15 is 0 Å². The van der Waals surface area contributed by atoms with Crippen molar-refractivity contribution in [2.75, 3.05) is 26.4 Å². The van der Waals surface area contributed by atoms with E-state index in [2.05, 4.69) is 24.4 Å². The maximum atomic E-state index is 5.49. The summed E-state index contributed by atoms with van der Waals surface area (Å²) in [5.41, 5.74) is 1.24. The van der Waals surface area contributed by atoms with Crippen LogP contribution in [0.1, 0.15) is 32.3 Å². The zero-order valence-corrected chi connectivity index (χ0v) is 11.6. The van der Waals surface area contributed by atoms with E-state index in [1.165, 1.54) is 12.0 Å². The van der Waals surface area contributed by atoms with Crippen molar-refractivity contribution in [3.05, 3.63) is 29.8 Å². The van der Waals surface area contributed by atoms with Crippen LogP contribution in [-0.4, -0.2) is 26.4 Å². The van der Waals surface area contributed by atoms with Crippen LogP contribution in [0.3, 0.4) is 0 Å². The van der Waals surface area contributed by atoms with Gasteiger partial charge in [-0.25, -0.2) is 0 Å². The first kappa shape index (κ1) is 15.0. The fourth-order valence-corrected chi connectivity index (χ4v) is 1.64. The van der Waals surface area contributed by atoms with Crippen molar-refractivity contribution in [3.8, 4) is 5.75 Å². The number of nitrogens with one attached hydrogen (secondary N) is 1. The molecule has 0 aliphatic heterocycles. The van der Waals surface area contributed by atoms with Crippen molar-refractivity contribution < 1.29 is 9.47 Å². The quantitative estimate of drug-likeness (QED) is 0.648. The predicted octanol–water partition coefficient (Wildman–Crippen LogP) is 2.99. The van der Waals surface area contributed by atoms with Gasteiger partial charge in [0.1, 0.15) is 5.75 Å². The Morgan fingerprint density at radius 3 is 2.83 bits per heavy atom. The highest BCUT2D eigenvalue weighted by Crippen LogP contribution is 2.12. The minimum absolute atomic E-state index is 0.710. The van der Waals surface area contributed by atoms with E-state index in [-0.39, 0.29) is 0 Å². The van der Waals surface area contributed by atoms with Gasteiger partial charge in [0, 0.05) is 19.7 Å². The van der Waals surface area contributed by atoms with E-state index in [4.69, 9.17) is 9.47 Å². The Balaban J connectivity index is 2.13. The predicted molar refractivity (Wildman–Crippen MR) is 75.0 cm³/mol. The van der Waals surface area contributed by atoms with Crippen molar-refractivity contribution in [2.24, 2.45) is 0 Å². The van der Waals surface area contributed by atoms with Crippen LogP contribution in [0.5, 0.6) is 5.75 Å². The fourth-order valence-electron chi connectivity index (χ4n) is 1.64. The van der Waals surface area contributed by atoms with Crippen LogP contribution in [0.2, 0.25) is 0 Å². The summed E-state index contributed by atoms with van der Waals surface area (Å²) in [7, 11) is 0. The summed E-state index contributed by atoms with van der Waals surface area (Å²) in [6, 6.07) is 8.20. The molecule has 0 aromatic heterocycles. The molecule has 0 radical (unpaired) electrons. The van der Waals surface area contributed by atoms with E-state index in [0.717, 1.165) is 38.5 Å². The van der Waals surface area contributed by atoms with Gasteiger partial charge in [-0.15, -0.1) is 0 Å². The molecule has 0 atom stereocenters. The SMILES string of the molecule is CCCCOCCNCc1cccc(OCC)c1. The summed E-state index contributed by atoms with van der Waals surface area (Å²) in [6.45, 7) is 8.29. The van der Waals surface area contributed by atoms with Crippen LogP contribution in [0, 0.1) is 0 Å². The molecule has 0 aliphatic rings. The molecule has 0 heterocycles. The number of ether oxygens (including phenoxy) is 2. The van der Waals surface area contributed by atoms with Crippen molar-refractivity contribution in [2.45, 2.75) is 33.2 Å². The lowest BCUT2D eigenvalue weighted by Crippen LogP contribution is -2.19. The van der Waals surface area contributed by atoms with Gasteiger partial charge in [-0.3, -0.25) is 0 Å². The van der Waals surface area contributed by atoms with Gasteiger partial charge in [0.15, 0.2) is 0 Å². The third-order valence-electron chi connectivity index (χ3n) is 2.60. The van der Waals surface area contributed by atoms with Gasteiger partial charge in [-0.1, -0.05) is 25.5 Å². The molecule has 0 saturated heterocycles. The van der Waals surface area contributed by atoms with E-state index in [9.17, 15) is 0 Å². The average Bonchev–Trinajstić information content (AvgIpc) is 2.39. The van der Waals surface area contributed by atoms with Gasteiger partial charge in [-0.05, 0) is 31.0 Å². The average molecular weight is 251 g/mol. The summed E-state index contributed by atoms with van der Waals surface area (Å²) in [6.07, 6.45) is 2.34. The largest absolute Gasteiger partial charge is 0.494 e. The first-order valence-corrected chi connectivity index (χ1v) is 6.87. The van der Waals surface area contributed by atoms with Gasteiger partial charge >= 0.3 is 0 Å². The molecule has 0 unspecified atom stereocenters. The molecule has 0 aliphatic carbocycles. The molecule has 18 heavy (non-hydrogen) atoms. The molecule has 1 aromatic carbocycles. The monoisotopic (exact) mass is 251 g/mol. The van der Waals surface area contributed by atoms with Crippen molar-refractivity contribution in [3.63, 3.8) is 0 Å². The Morgan fingerprint density at radius 2 is 2.06 bits per heavy atom. The highest BCUT2D eigenvalue weighted by Gasteiger charge is 1.96. The summed E-state index contributed by atoms with van der Waals surface area (Å²) >= 11 is 0. The fraction of sp³-hybridized carbons (Fsp3) is 0.600. The third-order valence-corrected chi connectivity index (χ3v) is 2.60. The topological polar surface area (TPSA) is 30.5 Å². The molecule has 1 rings (SSSR count). The highest BCUT2D eigenvalue weighted by atomic mass is 16.5. The standard InChI is InChI=1S/C15H25NO2/c1-3-5-10-17-11-9-16-13-14-7-6-8-15(12-14)18-4-2/h6-8,12,16H,3-5,9-11,13H2,1-2H3. The molecular formula is C15H25NO2. The van der Waals surface area contributed by atoms with Crippen molar-refractivity contribution in [1.29, 1.82) is 0 Å². The lowest BCUT2D eigenvalue weighted by atomic mass is 10.2. The van der Waals surface area contributed by atoms with E-state index in [0.29, 0.717) is 6.61 Å². The second-order valence-electron chi connectivity index (χ2n) is 4.22. The lowest BCUT2D eigenvalue weighted by molar-refractivity contribution is 0.133. The Hall–Kier alpha value is -1.06. The minimum Gasteiger partial charge on any atom is -0.494 e. The number of hydrogen-bond acceptors (Lipinski definition) is 3. The third kappa shape index (κ3) is 6.62. The van der Waals surface area contributed by atoms with Crippen LogP contribution in [0.25, 0.3) is 0 Å². The maximum absolute atomic E-state index is 5.49. The van der Waals surface area contributed by atoms with Crippen LogP contribution in [0.15, 0.2) is 24.3 Å². The molecule has 1 N–H and O–H groups in total. The number of rotatable bonds is 10. The van der Waals surface area contributed by atoms with Gasteiger partial charge in [-0.2, -0.15) is 0 Å². The molecule has 0 amide bonds. The Labute approximate surface area is 110 Å². The summed E-state index contributed by atoms with van der Waals surface area (Å²) < 4.78 is 11.0. The molecule has 0 spiro atoms. The molecule has 0 fully saturated rings. The van der Waals surface area contributed by atoms with Gasteiger partial charge in [0.05, 0.1) is 13.2 Å². The number of hydrogen-bond donors (Lipinski definition) is 1. The molecule has 0 bridgehead atoms. The highest BCUT2D eigenvalue weighted by molar-refractivity contribution is 5.28. The van der Waals surface area contributed by atoms with Crippen LogP contribution >= 0.6 is 0 Å². The van der Waals surface area contributed by atoms with E-state index in [1.807, 2.05) is 19.1 Å². The zero-order valence-electron chi connectivity index (χ0n) is 11.6. The van der Waals surface area contributed by atoms with Gasteiger partial charge in [0.2, 0.25) is 0 Å². The molecule has 1 aromatic rings. The lowest BCUT2D eigenvalue weighted by Gasteiger charge is -2.08. The van der Waals surface area contributed by atoms with Crippen LogP contribution in [0.4, 0.5) is 0 Å². The Bertz CT molecular complexity index is 315. The molecular weight excluding hydrogens is 226 g/mol. The Kier molecular flexibility index (Phi) is 8.26. The van der Waals surface area contributed by atoms with Crippen LogP contribution < -0.4 is 10.1 Å². The van der Waals surface area contributed by atoms with Gasteiger partial charge in [0.25, 0.3) is 0 Å². The maximum Gasteiger partial charge on any atom is 0.119 e. The normalized spacial score (nSPS) is 10.6. The number of unbranched alkanes of at least 4 members (excludes halogenated alkanes) is 1. The van der Waals surface area contributed by atoms with Crippen LogP contribution in [-0.2, 0) is 11.3 Å². The summed E-state index contributed by atoms with van der Waals surface area (Å²) in [4.78, 5) is 0. The molecule has 3 heteroatoms. The number of benzene rings is 1. The smallest absolute Gasteiger partial charge is 0.119 e. The molecule has 102 valence electrons. The minimum atomic E-state index is 0.710. The van der Waals surface area contributed by atoms with E-state index in [1.54, 1.807) is 0 Å². The van der Waals surface area contributed by atoms with Crippen molar-refractivity contribution >= 4 is 0 Å². The molecule has 0 saturated carbocycles. The first-order valence-electron chi connectivity index (χ1n) is 6.87. The second-order valence-corrected chi connectivity index (χ2v) is 4.22. The summed E-state index contributed by atoms with van der Waals surface area (Å²) in [5, 5.41) is 3.37. The van der Waals surface area contributed by atoms with E-state index < -0.39 is 0 Å². The summed E-state index contributed by atoms with van der Waals surface area (Å²) in [5.74, 6) is 0.941. The first-order chi connectivity index (χ1) is 8.86. The molecule has 3 nitrogen and oxygen atoms in total. The van der Waals surface area contributed by atoms with Gasteiger partial charge < -0.3 is 14.8 Å². The zero-order chi connectivity index (χ0) is 13.1. The second kappa shape index (κ2) is 9.92. The Morgan fingerprint density at radius 1 is 1.17 bits per heavy atom. The van der Waals surface area contributed by atoms with Crippen molar-refractivity contribution in [1.82, 2.24) is 5.32 Å².